The van der Waals surface area contributed by atoms with Crippen molar-refractivity contribution >= 4 is 11.9 Å². The molecule has 4 atom stereocenters. The molecule has 0 radical (unpaired) electrons. The fraction of sp³-hybridized carbons (Fsp3) is 0.867. The summed E-state index contributed by atoms with van der Waals surface area (Å²) in [6.45, 7) is 4.65. The summed E-state index contributed by atoms with van der Waals surface area (Å²) in [5.41, 5.74) is -0.365. The van der Waals surface area contributed by atoms with Gasteiger partial charge in [-0.05, 0) is 30.6 Å². The van der Waals surface area contributed by atoms with E-state index in [0.717, 1.165) is 19.4 Å². The van der Waals surface area contributed by atoms with Crippen molar-refractivity contribution < 1.29 is 14.7 Å². The lowest BCUT2D eigenvalue weighted by Gasteiger charge is -2.32. The number of nitrogens with zero attached hydrogens (tertiary/aromatic N) is 1. The molecule has 3 rings (SSSR count). The van der Waals surface area contributed by atoms with Gasteiger partial charge in [0, 0.05) is 12.6 Å². The van der Waals surface area contributed by atoms with Crippen molar-refractivity contribution in [1.82, 2.24) is 4.90 Å². The molecule has 1 aliphatic heterocycles. The van der Waals surface area contributed by atoms with Crippen molar-refractivity contribution in [3.63, 3.8) is 0 Å². The zero-order valence-corrected chi connectivity index (χ0v) is 11.8. The number of carboxylic acid groups (broad SMARTS) is 1. The molecule has 3 aliphatic rings. The van der Waals surface area contributed by atoms with Crippen LogP contribution in [0, 0.1) is 23.2 Å². The summed E-state index contributed by atoms with van der Waals surface area (Å²) in [6.07, 6.45) is 5.96. The van der Waals surface area contributed by atoms with E-state index in [1.807, 2.05) is 18.7 Å². The smallest absolute Gasteiger partial charge is 0.307 e. The normalized spacial score (nSPS) is 39.8. The molecule has 2 aliphatic carbocycles. The largest absolute Gasteiger partial charge is 0.481 e. The highest BCUT2D eigenvalue weighted by atomic mass is 16.4. The van der Waals surface area contributed by atoms with Gasteiger partial charge in [0.2, 0.25) is 5.91 Å². The number of carbonyl (C=O) groups excluding carboxylic acids is 1. The Bertz CT molecular complexity index is 418. The van der Waals surface area contributed by atoms with Gasteiger partial charge in [-0.3, -0.25) is 9.59 Å². The van der Waals surface area contributed by atoms with Crippen molar-refractivity contribution in [2.75, 3.05) is 6.54 Å². The maximum Gasteiger partial charge on any atom is 0.307 e. The average Bonchev–Trinajstić information content (AvgIpc) is 2.74. The summed E-state index contributed by atoms with van der Waals surface area (Å²) in [5.74, 6) is -0.828. The molecule has 1 N–H and O–H groups in total. The van der Waals surface area contributed by atoms with E-state index in [-0.39, 0.29) is 17.2 Å². The number of likely N-dealkylation sites (tertiary alicyclic amines) is 1. The Morgan fingerprint density at radius 2 is 1.79 bits per heavy atom. The Morgan fingerprint density at radius 1 is 1.11 bits per heavy atom. The first kappa shape index (κ1) is 12.9. The first-order valence-corrected chi connectivity index (χ1v) is 7.48. The number of rotatable bonds is 2. The van der Waals surface area contributed by atoms with Crippen molar-refractivity contribution in [3.05, 3.63) is 0 Å². The SMILES string of the molecule is CC1(C)C(C(=O)O)C1C(=O)N1CCC2CCCCC21. The summed E-state index contributed by atoms with van der Waals surface area (Å²) in [6, 6.07) is 0.395. The number of hydrogen-bond acceptors (Lipinski definition) is 2. The predicted octanol–water partition coefficient (Wildman–Crippen LogP) is 2.13. The molecule has 1 saturated heterocycles. The summed E-state index contributed by atoms with van der Waals surface area (Å²) in [5, 5.41) is 9.21. The lowest BCUT2D eigenvalue weighted by atomic mass is 9.85. The van der Waals surface area contributed by atoms with E-state index in [1.165, 1.54) is 19.3 Å². The summed E-state index contributed by atoms with van der Waals surface area (Å²) >= 11 is 0. The van der Waals surface area contributed by atoms with Crippen molar-refractivity contribution in [3.8, 4) is 0 Å². The second kappa shape index (κ2) is 4.22. The molecule has 1 heterocycles. The number of aliphatic carboxylic acids is 1. The molecule has 106 valence electrons. The monoisotopic (exact) mass is 265 g/mol. The summed E-state index contributed by atoms with van der Waals surface area (Å²) < 4.78 is 0. The molecule has 4 nitrogen and oxygen atoms in total. The molecule has 0 aromatic heterocycles. The highest BCUT2D eigenvalue weighted by Gasteiger charge is 2.67. The predicted molar refractivity (Wildman–Crippen MR) is 70.5 cm³/mol. The molecule has 19 heavy (non-hydrogen) atoms. The van der Waals surface area contributed by atoms with E-state index in [2.05, 4.69) is 0 Å². The molecule has 4 unspecified atom stereocenters. The Morgan fingerprint density at radius 3 is 2.42 bits per heavy atom. The Balaban J connectivity index is 1.73. The molecule has 4 heteroatoms. The van der Waals surface area contributed by atoms with Gasteiger partial charge in [0.15, 0.2) is 0 Å². The van der Waals surface area contributed by atoms with Crippen LogP contribution >= 0.6 is 0 Å². The fourth-order valence-electron chi connectivity index (χ4n) is 4.42. The van der Waals surface area contributed by atoms with Gasteiger partial charge in [0.25, 0.3) is 0 Å². The molecule has 3 fully saturated rings. The van der Waals surface area contributed by atoms with Gasteiger partial charge in [0.05, 0.1) is 11.8 Å². The van der Waals surface area contributed by atoms with Crippen LogP contribution in [0.5, 0.6) is 0 Å². The van der Waals surface area contributed by atoms with E-state index < -0.39 is 11.9 Å². The van der Waals surface area contributed by atoms with Crippen molar-refractivity contribution in [2.45, 2.75) is 52.0 Å². The maximum absolute atomic E-state index is 12.7. The van der Waals surface area contributed by atoms with Gasteiger partial charge < -0.3 is 10.0 Å². The lowest BCUT2D eigenvalue weighted by Crippen LogP contribution is -2.41. The fourth-order valence-corrected chi connectivity index (χ4v) is 4.42. The molecule has 1 amide bonds. The van der Waals surface area contributed by atoms with Crippen LogP contribution < -0.4 is 0 Å². The van der Waals surface area contributed by atoms with Gasteiger partial charge in [-0.2, -0.15) is 0 Å². The second-order valence-electron chi connectivity index (χ2n) is 7.05. The van der Waals surface area contributed by atoms with Crippen LogP contribution in [-0.2, 0) is 9.59 Å². The van der Waals surface area contributed by atoms with Crippen molar-refractivity contribution in [2.24, 2.45) is 23.2 Å². The minimum atomic E-state index is -0.817. The van der Waals surface area contributed by atoms with E-state index >= 15 is 0 Å². The molecule has 0 spiro atoms. The molecule has 0 aromatic rings. The zero-order chi connectivity index (χ0) is 13.8. The van der Waals surface area contributed by atoms with Crippen molar-refractivity contribution in [1.29, 1.82) is 0 Å². The lowest BCUT2D eigenvalue weighted by molar-refractivity contribution is -0.142. The van der Waals surface area contributed by atoms with Gasteiger partial charge >= 0.3 is 5.97 Å². The van der Waals surface area contributed by atoms with Gasteiger partial charge in [-0.15, -0.1) is 0 Å². The zero-order valence-electron chi connectivity index (χ0n) is 11.8. The number of amides is 1. The highest BCUT2D eigenvalue weighted by Crippen LogP contribution is 2.59. The summed E-state index contributed by atoms with van der Waals surface area (Å²) in [7, 11) is 0. The third kappa shape index (κ3) is 1.87. The Kier molecular flexibility index (Phi) is 2.88. The van der Waals surface area contributed by atoms with Crippen LogP contribution in [0.1, 0.15) is 46.0 Å². The summed E-state index contributed by atoms with van der Waals surface area (Å²) in [4.78, 5) is 25.9. The Hall–Kier alpha value is -1.06. The van der Waals surface area contributed by atoms with E-state index in [1.54, 1.807) is 0 Å². The first-order chi connectivity index (χ1) is 8.94. The second-order valence-corrected chi connectivity index (χ2v) is 7.05. The van der Waals surface area contributed by atoms with Crippen LogP contribution in [0.2, 0.25) is 0 Å². The standard InChI is InChI=1S/C15H23NO3/c1-15(2)11(12(15)14(18)19)13(17)16-8-7-9-5-3-4-6-10(9)16/h9-12H,3-8H2,1-2H3,(H,18,19). The highest BCUT2D eigenvalue weighted by molar-refractivity contribution is 5.92. The maximum atomic E-state index is 12.7. The number of carboxylic acids is 1. The van der Waals surface area contributed by atoms with Gasteiger partial charge in [-0.25, -0.2) is 0 Å². The number of fused-ring (bicyclic) bond motifs is 1. The number of hydrogen-bond donors (Lipinski definition) is 1. The number of carbonyl (C=O) groups is 2. The van der Waals surface area contributed by atoms with E-state index in [4.69, 9.17) is 0 Å². The van der Waals surface area contributed by atoms with Crippen LogP contribution in [0.3, 0.4) is 0 Å². The minimum absolute atomic E-state index is 0.104. The molecule has 0 aromatic carbocycles. The third-order valence-corrected chi connectivity index (χ3v) is 5.65. The topological polar surface area (TPSA) is 57.6 Å². The molecular weight excluding hydrogens is 242 g/mol. The van der Waals surface area contributed by atoms with Crippen LogP contribution in [0.15, 0.2) is 0 Å². The van der Waals surface area contributed by atoms with Gasteiger partial charge in [0.1, 0.15) is 0 Å². The average molecular weight is 265 g/mol. The molecule has 2 saturated carbocycles. The van der Waals surface area contributed by atoms with E-state index in [9.17, 15) is 14.7 Å². The Labute approximate surface area is 114 Å². The first-order valence-electron chi connectivity index (χ1n) is 7.48. The third-order valence-electron chi connectivity index (χ3n) is 5.65. The minimum Gasteiger partial charge on any atom is -0.481 e. The quantitative estimate of drug-likeness (QED) is 0.832. The van der Waals surface area contributed by atoms with Gasteiger partial charge in [-0.1, -0.05) is 26.7 Å². The van der Waals surface area contributed by atoms with E-state index in [0.29, 0.717) is 12.0 Å². The molecule has 0 bridgehead atoms. The van der Waals surface area contributed by atoms with Crippen LogP contribution in [-0.4, -0.2) is 34.5 Å². The van der Waals surface area contributed by atoms with Crippen LogP contribution in [0.25, 0.3) is 0 Å². The molecular formula is C15H23NO3. The van der Waals surface area contributed by atoms with Crippen LogP contribution in [0.4, 0.5) is 0 Å².